The largest absolute Gasteiger partial charge is 0.384 e. The predicted octanol–water partition coefficient (Wildman–Crippen LogP) is 1.33. The Morgan fingerprint density at radius 1 is 1.29 bits per heavy atom. The zero-order valence-electron chi connectivity index (χ0n) is 7.69. The molecule has 0 aliphatic carbocycles. The highest BCUT2D eigenvalue weighted by Gasteiger charge is 2.06. The van der Waals surface area contributed by atoms with Crippen LogP contribution in [-0.2, 0) is 10.3 Å². The number of hydrogen-bond acceptors (Lipinski definition) is 3. The van der Waals surface area contributed by atoms with Crippen molar-refractivity contribution >= 4 is 21.7 Å². The number of anilines is 2. The average molecular weight is 216 g/mol. The van der Waals surface area contributed by atoms with Gasteiger partial charge in [0.25, 0.3) is 0 Å². The summed E-state index contributed by atoms with van der Waals surface area (Å²) in [5.74, 6) is 0. The Bertz CT molecular complexity index is 403. The lowest BCUT2D eigenvalue weighted by molar-refractivity contribution is 0.490. The van der Waals surface area contributed by atoms with Gasteiger partial charge in [-0.2, -0.15) is 8.42 Å². The fourth-order valence-electron chi connectivity index (χ4n) is 1.06. The van der Waals surface area contributed by atoms with E-state index in [1.54, 1.807) is 24.3 Å². The highest BCUT2D eigenvalue weighted by molar-refractivity contribution is 7.87. The topological polar surface area (TPSA) is 78.4 Å². The van der Waals surface area contributed by atoms with E-state index in [1.165, 1.54) is 0 Å². The predicted molar refractivity (Wildman–Crippen MR) is 55.8 cm³/mol. The van der Waals surface area contributed by atoms with Crippen LogP contribution in [0.1, 0.15) is 6.92 Å². The van der Waals surface area contributed by atoms with Crippen molar-refractivity contribution in [2.75, 3.05) is 16.6 Å². The van der Waals surface area contributed by atoms with E-state index in [9.17, 15) is 8.42 Å². The Balaban J connectivity index is 2.95. The number of hydrogen-bond donors (Lipinski definition) is 3. The molecule has 1 aromatic rings. The lowest BCUT2D eigenvalue weighted by Gasteiger charge is -2.09. The van der Waals surface area contributed by atoms with Gasteiger partial charge < -0.3 is 5.32 Å². The van der Waals surface area contributed by atoms with E-state index in [0.717, 1.165) is 0 Å². The molecule has 0 radical (unpaired) electrons. The second kappa shape index (κ2) is 4.30. The molecule has 1 rings (SSSR count). The second-order valence-corrected chi connectivity index (χ2v) is 3.81. The number of nitrogens with one attached hydrogen (secondary N) is 2. The third-order valence-corrected chi connectivity index (χ3v) is 2.01. The van der Waals surface area contributed by atoms with Crippen LogP contribution in [0.2, 0.25) is 0 Å². The minimum absolute atomic E-state index is 0.330. The first-order chi connectivity index (χ1) is 6.53. The van der Waals surface area contributed by atoms with E-state index in [0.29, 0.717) is 17.9 Å². The monoisotopic (exact) mass is 216 g/mol. The summed E-state index contributed by atoms with van der Waals surface area (Å²) in [5.41, 5.74) is 0.962. The van der Waals surface area contributed by atoms with Crippen molar-refractivity contribution in [3.63, 3.8) is 0 Å². The number of benzene rings is 1. The first kappa shape index (κ1) is 10.8. The molecular weight excluding hydrogens is 204 g/mol. The number of rotatable bonds is 4. The third-order valence-electron chi connectivity index (χ3n) is 1.53. The Morgan fingerprint density at radius 3 is 2.36 bits per heavy atom. The second-order valence-electron chi connectivity index (χ2n) is 2.65. The summed E-state index contributed by atoms with van der Waals surface area (Å²) < 4.78 is 31.7. The zero-order valence-corrected chi connectivity index (χ0v) is 8.50. The van der Waals surface area contributed by atoms with Crippen LogP contribution in [-0.4, -0.2) is 19.5 Å². The third kappa shape index (κ3) is 3.23. The fourth-order valence-corrected chi connectivity index (χ4v) is 1.51. The summed E-state index contributed by atoms with van der Waals surface area (Å²) in [7, 11) is -4.21. The van der Waals surface area contributed by atoms with Crippen LogP contribution in [0.15, 0.2) is 24.3 Å². The van der Waals surface area contributed by atoms with Gasteiger partial charge >= 0.3 is 10.3 Å². The van der Waals surface area contributed by atoms with Gasteiger partial charge in [0.15, 0.2) is 0 Å². The molecule has 0 saturated carbocycles. The summed E-state index contributed by atoms with van der Waals surface area (Å²) in [6, 6.07) is 6.73. The van der Waals surface area contributed by atoms with Gasteiger partial charge in [0.05, 0.1) is 11.4 Å². The molecule has 6 heteroatoms. The molecular formula is C8H12N2O3S. The molecule has 0 aromatic heterocycles. The van der Waals surface area contributed by atoms with Crippen molar-refractivity contribution in [2.24, 2.45) is 0 Å². The molecule has 1 aromatic carbocycles. The van der Waals surface area contributed by atoms with E-state index < -0.39 is 10.3 Å². The summed E-state index contributed by atoms with van der Waals surface area (Å²) in [6.07, 6.45) is 0. The quantitative estimate of drug-likeness (QED) is 0.663. The molecule has 0 saturated heterocycles. The zero-order chi connectivity index (χ0) is 10.6. The van der Waals surface area contributed by atoms with E-state index in [2.05, 4.69) is 5.32 Å². The van der Waals surface area contributed by atoms with Crippen LogP contribution in [0.4, 0.5) is 11.4 Å². The lowest BCUT2D eigenvalue weighted by atomic mass is 10.3. The van der Waals surface area contributed by atoms with Gasteiger partial charge in [0.2, 0.25) is 0 Å². The van der Waals surface area contributed by atoms with Crippen LogP contribution < -0.4 is 10.0 Å². The molecule has 78 valence electrons. The first-order valence-electron chi connectivity index (χ1n) is 4.11. The molecule has 0 aliphatic heterocycles. The van der Waals surface area contributed by atoms with E-state index in [1.807, 2.05) is 11.6 Å². The molecule has 5 nitrogen and oxygen atoms in total. The molecule has 0 heterocycles. The molecule has 0 aliphatic rings. The lowest BCUT2D eigenvalue weighted by Crippen LogP contribution is -2.12. The van der Waals surface area contributed by atoms with Crippen LogP contribution in [0.5, 0.6) is 0 Å². The molecule has 0 spiro atoms. The Morgan fingerprint density at radius 2 is 1.86 bits per heavy atom. The van der Waals surface area contributed by atoms with Crippen LogP contribution in [0.3, 0.4) is 0 Å². The van der Waals surface area contributed by atoms with Crippen molar-refractivity contribution in [2.45, 2.75) is 6.92 Å². The summed E-state index contributed by atoms with van der Waals surface area (Å²) in [5, 5.41) is 2.96. The summed E-state index contributed by atoms with van der Waals surface area (Å²) in [6.45, 7) is 2.56. The molecule has 0 bridgehead atoms. The molecule has 0 fully saturated rings. The average Bonchev–Trinajstić information content (AvgIpc) is 2.06. The standard InChI is InChI=1S/C8H12N2O3S/c1-2-9-7-5-3-4-6-8(7)10-14(11,12)13/h3-6,9-10H,2H2,1H3,(H,11,12,13). The van der Waals surface area contributed by atoms with Crippen molar-refractivity contribution in [3.8, 4) is 0 Å². The van der Waals surface area contributed by atoms with E-state index in [-0.39, 0.29) is 0 Å². The molecule has 3 N–H and O–H groups in total. The molecule has 0 amide bonds. The Kier molecular flexibility index (Phi) is 3.32. The van der Waals surface area contributed by atoms with Crippen molar-refractivity contribution in [1.82, 2.24) is 0 Å². The maximum atomic E-state index is 10.6. The SMILES string of the molecule is CCNc1ccccc1NS(=O)(=O)O. The van der Waals surface area contributed by atoms with Crippen LogP contribution >= 0.6 is 0 Å². The van der Waals surface area contributed by atoms with E-state index >= 15 is 0 Å². The van der Waals surface area contributed by atoms with Gasteiger partial charge in [0, 0.05) is 6.54 Å². The van der Waals surface area contributed by atoms with Gasteiger partial charge in [-0.1, -0.05) is 12.1 Å². The van der Waals surface area contributed by atoms with Gasteiger partial charge in [-0.3, -0.25) is 9.27 Å². The highest BCUT2D eigenvalue weighted by Crippen LogP contribution is 2.21. The van der Waals surface area contributed by atoms with Crippen molar-refractivity contribution in [3.05, 3.63) is 24.3 Å². The molecule has 0 unspecified atom stereocenters. The maximum absolute atomic E-state index is 10.6. The molecule has 14 heavy (non-hydrogen) atoms. The Labute approximate surface area is 83.0 Å². The normalized spacial score (nSPS) is 11.0. The van der Waals surface area contributed by atoms with Gasteiger partial charge in [-0.15, -0.1) is 0 Å². The smallest absolute Gasteiger partial charge is 0.357 e. The van der Waals surface area contributed by atoms with Gasteiger partial charge in [-0.25, -0.2) is 0 Å². The summed E-state index contributed by atoms with van der Waals surface area (Å²) >= 11 is 0. The van der Waals surface area contributed by atoms with E-state index in [4.69, 9.17) is 4.55 Å². The van der Waals surface area contributed by atoms with Gasteiger partial charge in [0.1, 0.15) is 0 Å². The number of para-hydroxylation sites is 2. The highest BCUT2D eigenvalue weighted by atomic mass is 32.2. The minimum Gasteiger partial charge on any atom is -0.384 e. The molecule has 0 atom stereocenters. The van der Waals surface area contributed by atoms with Crippen LogP contribution in [0.25, 0.3) is 0 Å². The maximum Gasteiger partial charge on any atom is 0.357 e. The fraction of sp³-hybridized carbons (Fsp3) is 0.250. The van der Waals surface area contributed by atoms with Gasteiger partial charge in [-0.05, 0) is 19.1 Å². The Hall–Kier alpha value is -1.27. The van der Waals surface area contributed by atoms with Crippen LogP contribution in [0, 0.1) is 0 Å². The van der Waals surface area contributed by atoms with Crippen molar-refractivity contribution in [1.29, 1.82) is 0 Å². The minimum atomic E-state index is -4.21. The first-order valence-corrected chi connectivity index (χ1v) is 5.55. The summed E-state index contributed by atoms with van der Waals surface area (Å²) in [4.78, 5) is 0. The van der Waals surface area contributed by atoms with Crippen molar-refractivity contribution < 1.29 is 13.0 Å².